The highest BCUT2D eigenvalue weighted by atomic mass is 35.5. The van der Waals surface area contributed by atoms with Gasteiger partial charge in [-0.05, 0) is 35.9 Å². The Morgan fingerprint density at radius 3 is 2.40 bits per heavy atom. The van der Waals surface area contributed by atoms with E-state index in [0.29, 0.717) is 16.7 Å². The molecular formula is C13H11Cl2NO3S. The molecule has 0 spiro atoms. The van der Waals surface area contributed by atoms with Crippen LogP contribution in [0.2, 0.25) is 5.02 Å². The molecule has 7 heteroatoms. The van der Waals surface area contributed by atoms with Crippen molar-refractivity contribution in [2.75, 3.05) is 6.26 Å². The van der Waals surface area contributed by atoms with Gasteiger partial charge in [0.05, 0.1) is 4.90 Å². The average Bonchev–Trinajstić information content (AvgIpc) is 2.40. The van der Waals surface area contributed by atoms with Crippen LogP contribution < -0.4 is 4.74 Å². The van der Waals surface area contributed by atoms with Crippen molar-refractivity contribution in [3.63, 3.8) is 0 Å². The Kier molecular flexibility index (Phi) is 4.52. The van der Waals surface area contributed by atoms with Crippen molar-refractivity contribution in [1.29, 1.82) is 0 Å². The van der Waals surface area contributed by atoms with Gasteiger partial charge in [-0.15, -0.1) is 11.6 Å². The van der Waals surface area contributed by atoms with E-state index in [2.05, 4.69) is 4.98 Å². The van der Waals surface area contributed by atoms with Gasteiger partial charge >= 0.3 is 0 Å². The van der Waals surface area contributed by atoms with Crippen molar-refractivity contribution in [3.8, 4) is 11.6 Å². The first-order valence-corrected chi connectivity index (χ1v) is 8.39. The molecular weight excluding hydrogens is 321 g/mol. The maximum atomic E-state index is 11.3. The van der Waals surface area contributed by atoms with E-state index in [1.165, 1.54) is 12.1 Å². The second-order valence-corrected chi connectivity index (χ2v) is 6.80. The van der Waals surface area contributed by atoms with Gasteiger partial charge in [-0.2, -0.15) is 0 Å². The molecule has 1 heterocycles. The molecule has 0 saturated heterocycles. The number of rotatable bonds is 4. The van der Waals surface area contributed by atoms with E-state index >= 15 is 0 Å². The summed E-state index contributed by atoms with van der Waals surface area (Å²) in [5, 5.41) is 0.343. The molecule has 20 heavy (non-hydrogen) atoms. The molecule has 0 aliphatic rings. The molecule has 0 unspecified atom stereocenters. The Balaban J connectivity index is 2.22. The molecule has 106 valence electrons. The Hall–Kier alpha value is -1.30. The number of hydrogen-bond donors (Lipinski definition) is 0. The molecule has 0 aliphatic heterocycles. The summed E-state index contributed by atoms with van der Waals surface area (Å²) in [5.41, 5.74) is 0.788. The summed E-state index contributed by atoms with van der Waals surface area (Å²) in [4.78, 5) is 4.28. The van der Waals surface area contributed by atoms with Crippen molar-refractivity contribution in [1.82, 2.24) is 4.98 Å². The highest BCUT2D eigenvalue weighted by Gasteiger charge is 2.09. The largest absolute Gasteiger partial charge is 0.438 e. The zero-order valence-corrected chi connectivity index (χ0v) is 12.8. The number of ether oxygens (including phenoxy) is 1. The summed E-state index contributed by atoms with van der Waals surface area (Å²) in [7, 11) is -3.22. The lowest BCUT2D eigenvalue weighted by Crippen LogP contribution is -1.96. The summed E-state index contributed by atoms with van der Waals surface area (Å²) in [6.07, 6.45) is 2.71. The maximum absolute atomic E-state index is 11.3. The van der Waals surface area contributed by atoms with Crippen LogP contribution in [0.3, 0.4) is 0 Å². The standard InChI is InChI=1S/C13H11Cl2NO3S/c1-20(17,18)11-4-2-10(3-5-11)19-13-12(15)6-9(7-14)8-16-13/h2-6,8H,7H2,1H3. The molecule has 0 N–H and O–H groups in total. The van der Waals surface area contributed by atoms with Crippen LogP contribution in [-0.4, -0.2) is 19.7 Å². The smallest absolute Gasteiger partial charge is 0.238 e. The Morgan fingerprint density at radius 1 is 1.25 bits per heavy atom. The van der Waals surface area contributed by atoms with Crippen molar-refractivity contribution in [2.45, 2.75) is 10.8 Å². The average molecular weight is 332 g/mol. The first kappa shape index (κ1) is 15.1. The molecule has 0 bridgehead atoms. The van der Waals surface area contributed by atoms with E-state index in [4.69, 9.17) is 27.9 Å². The van der Waals surface area contributed by atoms with Crippen LogP contribution in [0.5, 0.6) is 11.6 Å². The van der Waals surface area contributed by atoms with Gasteiger partial charge in [-0.3, -0.25) is 0 Å². The number of aromatic nitrogens is 1. The molecule has 1 aromatic carbocycles. The number of nitrogens with zero attached hydrogens (tertiary/aromatic N) is 1. The van der Waals surface area contributed by atoms with Crippen LogP contribution in [-0.2, 0) is 15.7 Å². The van der Waals surface area contributed by atoms with Gasteiger partial charge in [0, 0.05) is 18.3 Å². The van der Waals surface area contributed by atoms with Crippen molar-refractivity contribution in [2.24, 2.45) is 0 Å². The summed E-state index contributed by atoms with van der Waals surface area (Å²) in [5.74, 6) is 1.01. The number of alkyl halides is 1. The summed E-state index contributed by atoms with van der Waals surface area (Å²) in [6.45, 7) is 0. The second kappa shape index (κ2) is 5.99. The van der Waals surface area contributed by atoms with E-state index in [1.807, 2.05) is 0 Å². The van der Waals surface area contributed by atoms with Gasteiger partial charge in [0.2, 0.25) is 5.88 Å². The predicted molar refractivity (Wildman–Crippen MR) is 78.4 cm³/mol. The quantitative estimate of drug-likeness (QED) is 0.802. The predicted octanol–water partition coefficient (Wildman–Crippen LogP) is 3.67. The van der Waals surface area contributed by atoms with Crippen molar-refractivity contribution in [3.05, 3.63) is 47.1 Å². The molecule has 4 nitrogen and oxygen atoms in total. The molecule has 0 radical (unpaired) electrons. The fourth-order valence-electron chi connectivity index (χ4n) is 1.48. The SMILES string of the molecule is CS(=O)(=O)c1ccc(Oc2ncc(CCl)cc2Cl)cc1. The van der Waals surface area contributed by atoms with E-state index in [0.717, 1.165) is 11.8 Å². The van der Waals surface area contributed by atoms with Gasteiger partial charge in [-0.25, -0.2) is 13.4 Å². The third-order valence-electron chi connectivity index (χ3n) is 2.48. The molecule has 1 aromatic heterocycles. The minimum Gasteiger partial charge on any atom is -0.438 e. The maximum Gasteiger partial charge on any atom is 0.238 e. The van der Waals surface area contributed by atoms with Gasteiger partial charge < -0.3 is 4.74 Å². The van der Waals surface area contributed by atoms with Crippen molar-refractivity contribution >= 4 is 33.0 Å². The lowest BCUT2D eigenvalue weighted by Gasteiger charge is -2.07. The topological polar surface area (TPSA) is 56.3 Å². The molecule has 0 fully saturated rings. The second-order valence-electron chi connectivity index (χ2n) is 4.11. The minimum absolute atomic E-state index is 0.224. The normalized spacial score (nSPS) is 11.3. The highest BCUT2D eigenvalue weighted by Crippen LogP contribution is 2.28. The lowest BCUT2D eigenvalue weighted by molar-refractivity contribution is 0.462. The number of halogens is 2. The minimum atomic E-state index is -3.22. The summed E-state index contributed by atoms with van der Waals surface area (Å²) >= 11 is 11.7. The zero-order valence-electron chi connectivity index (χ0n) is 10.5. The molecule has 2 aromatic rings. The van der Waals surface area contributed by atoms with Crippen LogP contribution in [0.4, 0.5) is 0 Å². The molecule has 0 amide bonds. The molecule has 0 atom stereocenters. The van der Waals surface area contributed by atoms with Crippen LogP contribution in [0.15, 0.2) is 41.4 Å². The Morgan fingerprint density at radius 2 is 1.90 bits per heavy atom. The van der Waals surface area contributed by atoms with Crippen LogP contribution >= 0.6 is 23.2 Å². The number of sulfone groups is 1. The Bertz CT molecular complexity index is 715. The third kappa shape index (κ3) is 3.62. The molecule has 2 rings (SSSR count). The van der Waals surface area contributed by atoms with Crippen LogP contribution in [0.25, 0.3) is 0 Å². The fourth-order valence-corrected chi connectivity index (χ4v) is 2.48. The van der Waals surface area contributed by atoms with E-state index in [9.17, 15) is 8.42 Å². The van der Waals surface area contributed by atoms with E-state index < -0.39 is 9.84 Å². The van der Waals surface area contributed by atoms with Crippen molar-refractivity contribution < 1.29 is 13.2 Å². The third-order valence-corrected chi connectivity index (χ3v) is 4.19. The zero-order chi connectivity index (χ0) is 14.8. The van der Waals surface area contributed by atoms with Gasteiger partial charge in [0.1, 0.15) is 10.8 Å². The fraction of sp³-hybridized carbons (Fsp3) is 0.154. The number of benzene rings is 1. The summed E-state index contributed by atoms with van der Waals surface area (Å²) in [6, 6.07) is 7.69. The number of pyridine rings is 1. The molecule has 0 aliphatic carbocycles. The molecule has 0 saturated carbocycles. The highest BCUT2D eigenvalue weighted by molar-refractivity contribution is 7.90. The summed E-state index contributed by atoms with van der Waals surface area (Å²) < 4.78 is 28.2. The lowest BCUT2D eigenvalue weighted by atomic mass is 10.3. The van der Waals surface area contributed by atoms with Crippen LogP contribution in [0, 0.1) is 0 Å². The first-order valence-electron chi connectivity index (χ1n) is 5.58. The monoisotopic (exact) mass is 331 g/mol. The van der Waals surface area contributed by atoms with E-state index in [1.54, 1.807) is 24.4 Å². The first-order chi connectivity index (χ1) is 9.40. The van der Waals surface area contributed by atoms with Crippen LogP contribution in [0.1, 0.15) is 5.56 Å². The Labute approximate surface area is 127 Å². The van der Waals surface area contributed by atoms with Gasteiger partial charge in [-0.1, -0.05) is 11.6 Å². The van der Waals surface area contributed by atoms with Gasteiger partial charge in [0.25, 0.3) is 0 Å². The van der Waals surface area contributed by atoms with Gasteiger partial charge in [0.15, 0.2) is 9.84 Å². The number of hydrogen-bond acceptors (Lipinski definition) is 4. The van der Waals surface area contributed by atoms with E-state index in [-0.39, 0.29) is 10.8 Å².